The molecule has 0 spiro atoms. The van der Waals surface area contributed by atoms with Crippen LogP contribution in [0.3, 0.4) is 0 Å². The molecule has 0 fully saturated rings. The molecule has 0 aliphatic carbocycles. The molecule has 0 saturated heterocycles. The topological polar surface area (TPSA) is 58.7 Å². The zero-order valence-corrected chi connectivity index (χ0v) is 10.7. The zero-order valence-electron chi connectivity index (χ0n) is 9.85. The highest BCUT2D eigenvalue weighted by Gasteiger charge is 2.12. The van der Waals surface area contributed by atoms with Crippen molar-refractivity contribution >= 4 is 22.0 Å². The van der Waals surface area contributed by atoms with E-state index in [1.165, 1.54) is 0 Å². The predicted molar refractivity (Wildman–Crippen MR) is 72.7 cm³/mol. The van der Waals surface area contributed by atoms with Gasteiger partial charge in [-0.05, 0) is 24.3 Å². The van der Waals surface area contributed by atoms with Crippen molar-refractivity contribution in [1.82, 2.24) is 8.96 Å². The lowest BCUT2D eigenvalue weighted by Gasteiger charge is -2.04. The van der Waals surface area contributed by atoms with E-state index in [0.717, 1.165) is 0 Å². The Kier molecular flexibility index (Phi) is 2.86. The second-order valence-electron chi connectivity index (χ2n) is 3.91. The quantitative estimate of drug-likeness (QED) is 0.716. The van der Waals surface area contributed by atoms with Crippen LogP contribution >= 0.6 is 0 Å². The van der Waals surface area contributed by atoms with E-state index in [0.29, 0.717) is 21.5 Å². The molecular formula is C14H9N3OS. The van der Waals surface area contributed by atoms with Gasteiger partial charge in [-0.25, -0.2) is 13.2 Å². The summed E-state index contributed by atoms with van der Waals surface area (Å²) in [5.74, 6) is 0. The smallest absolute Gasteiger partial charge is 0.158 e. The number of nitrogens with zero attached hydrogens (tertiary/aromatic N) is 3. The number of aromatic nitrogens is 2. The van der Waals surface area contributed by atoms with Crippen molar-refractivity contribution in [2.45, 2.75) is 4.90 Å². The van der Waals surface area contributed by atoms with Gasteiger partial charge in [0, 0.05) is 17.8 Å². The fourth-order valence-corrected chi connectivity index (χ4v) is 2.99. The van der Waals surface area contributed by atoms with Crippen molar-refractivity contribution in [3.8, 4) is 6.07 Å². The lowest BCUT2D eigenvalue weighted by molar-refractivity contribution is 0.678. The van der Waals surface area contributed by atoms with Crippen molar-refractivity contribution < 1.29 is 4.21 Å². The molecule has 3 aromatic rings. The summed E-state index contributed by atoms with van der Waals surface area (Å²) in [4.78, 5) is 4.91. The molecule has 3 rings (SSSR count). The molecule has 2 aromatic heterocycles. The molecule has 0 bridgehead atoms. The van der Waals surface area contributed by atoms with Crippen LogP contribution in [-0.2, 0) is 11.0 Å². The summed E-state index contributed by atoms with van der Waals surface area (Å²) in [6, 6.07) is 14.7. The molecule has 1 atom stereocenters. The summed E-state index contributed by atoms with van der Waals surface area (Å²) in [5, 5.41) is 9.75. The Hall–Kier alpha value is -2.45. The van der Waals surface area contributed by atoms with E-state index in [-0.39, 0.29) is 0 Å². The molecule has 0 aliphatic rings. The Morgan fingerprint density at radius 1 is 1.16 bits per heavy atom. The van der Waals surface area contributed by atoms with Crippen LogP contribution in [0.15, 0.2) is 59.8 Å². The third-order valence-electron chi connectivity index (χ3n) is 2.80. The minimum absolute atomic E-state index is 0.536. The largest absolute Gasteiger partial charge is 0.246 e. The first kappa shape index (κ1) is 11.6. The number of nitriles is 1. The van der Waals surface area contributed by atoms with Crippen LogP contribution in [0.4, 0.5) is 0 Å². The molecule has 92 valence electrons. The second kappa shape index (κ2) is 4.67. The Bertz CT molecular complexity index is 802. The standard InChI is InChI=1S/C14H9N3OS/c15-10-11-6-8-16-14-13(11)7-9-17(14)19(18)12-4-2-1-3-5-12/h1-9H. The van der Waals surface area contributed by atoms with Gasteiger partial charge < -0.3 is 0 Å². The highest BCUT2D eigenvalue weighted by Crippen LogP contribution is 2.20. The van der Waals surface area contributed by atoms with Crippen molar-refractivity contribution in [2.24, 2.45) is 0 Å². The van der Waals surface area contributed by atoms with Gasteiger partial charge in [0.25, 0.3) is 0 Å². The van der Waals surface area contributed by atoms with Crippen LogP contribution in [-0.4, -0.2) is 13.2 Å². The number of benzene rings is 1. The number of rotatable bonds is 2. The Morgan fingerprint density at radius 2 is 1.95 bits per heavy atom. The van der Waals surface area contributed by atoms with Gasteiger partial charge in [-0.1, -0.05) is 18.2 Å². The van der Waals surface area contributed by atoms with Crippen molar-refractivity contribution in [3.05, 3.63) is 60.4 Å². The molecule has 0 N–H and O–H groups in total. The number of hydrogen-bond acceptors (Lipinski definition) is 3. The van der Waals surface area contributed by atoms with E-state index in [9.17, 15) is 4.21 Å². The second-order valence-corrected chi connectivity index (χ2v) is 5.27. The molecule has 5 heteroatoms. The first-order chi connectivity index (χ1) is 9.31. The number of pyridine rings is 1. The van der Waals surface area contributed by atoms with E-state index in [2.05, 4.69) is 11.1 Å². The fraction of sp³-hybridized carbons (Fsp3) is 0. The molecule has 0 amide bonds. The number of hydrogen-bond donors (Lipinski definition) is 0. The maximum atomic E-state index is 12.5. The minimum Gasteiger partial charge on any atom is -0.246 e. The third kappa shape index (κ3) is 1.92. The minimum atomic E-state index is -1.36. The summed E-state index contributed by atoms with van der Waals surface area (Å²) in [6.45, 7) is 0. The number of fused-ring (bicyclic) bond motifs is 1. The first-order valence-electron chi connectivity index (χ1n) is 5.65. The van der Waals surface area contributed by atoms with Crippen LogP contribution in [0.25, 0.3) is 11.0 Å². The summed E-state index contributed by atoms with van der Waals surface area (Å²) in [5.41, 5.74) is 1.09. The summed E-state index contributed by atoms with van der Waals surface area (Å²) in [7, 11) is -1.36. The van der Waals surface area contributed by atoms with Gasteiger partial charge in [-0.3, -0.25) is 0 Å². The molecule has 1 aromatic carbocycles. The van der Waals surface area contributed by atoms with Gasteiger partial charge in [-0.2, -0.15) is 5.26 Å². The summed E-state index contributed by atoms with van der Waals surface area (Å²) < 4.78 is 14.0. The van der Waals surface area contributed by atoms with Gasteiger partial charge in [0.05, 0.1) is 16.5 Å². The highest BCUT2D eigenvalue weighted by atomic mass is 32.2. The van der Waals surface area contributed by atoms with Crippen LogP contribution in [0, 0.1) is 11.3 Å². The maximum absolute atomic E-state index is 12.5. The lowest BCUT2D eigenvalue weighted by Crippen LogP contribution is -2.04. The van der Waals surface area contributed by atoms with E-state index in [1.807, 2.05) is 18.2 Å². The molecular weight excluding hydrogens is 258 g/mol. The van der Waals surface area contributed by atoms with Gasteiger partial charge in [-0.15, -0.1) is 0 Å². The van der Waals surface area contributed by atoms with Gasteiger partial charge in [0.2, 0.25) is 0 Å². The summed E-state index contributed by atoms with van der Waals surface area (Å²) in [6.07, 6.45) is 3.25. The van der Waals surface area contributed by atoms with Crippen molar-refractivity contribution in [3.63, 3.8) is 0 Å². The van der Waals surface area contributed by atoms with Crippen LogP contribution in [0.1, 0.15) is 5.56 Å². The Labute approximate surface area is 112 Å². The third-order valence-corrected chi connectivity index (χ3v) is 4.13. The average Bonchev–Trinajstić information content (AvgIpc) is 2.91. The van der Waals surface area contributed by atoms with E-state index in [4.69, 9.17) is 5.26 Å². The van der Waals surface area contributed by atoms with E-state index in [1.54, 1.807) is 40.6 Å². The molecule has 1 unspecified atom stereocenters. The predicted octanol–water partition coefficient (Wildman–Crippen LogP) is 2.48. The van der Waals surface area contributed by atoms with E-state index >= 15 is 0 Å². The van der Waals surface area contributed by atoms with Crippen LogP contribution in [0.5, 0.6) is 0 Å². The van der Waals surface area contributed by atoms with Crippen molar-refractivity contribution in [1.29, 1.82) is 5.26 Å². The lowest BCUT2D eigenvalue weighted by atomic mass is 10.2. The first-order valence-corrected chi connectivity index (χ1v) is 6.75. The SMILES string of the molecule is N#Cc1ccnc2c1ccn2S(=O)c1ccccc1. The Balaban J connectivity index is 2.18. The van der Waals surface area contributed by atoms with E-state index < -0.39 is 11.0 Å². The van der Waals surface area contributed by atoms with Gasteiger partial charge >= 0.3 is 0 Å². The van der Waals surface area contributed by atoms with Crippen molar-refractivity contribution in [2.75, 3.05) is 0 Å². The molecule has 0 aliphatic heterocycles. The van der Waals surface area contributed by atoms with Gasteiger partial charge in [0.1, 0.15) is 0 Å². The maximum Gasteiger partial charge on any atom is 0.158 e. The summed E-state index contributed by atoms with van der Waals surface area (Å²) >= 11 is 0. The normalized spacial score (nSPS) is 12.2. The fourth-order valence-electron chi connectivity index (χ4n) is 1.90. The molecule has 4 nitrogen and oxygen atoms in total. The molecule has 0 saturated carbocycles. The zero-order chi connectivity index (χ0) is 13.2. The molecule has 19 heavy (non-hydrogen) atoms. The van der Waals surface area contributed by atoms with Gasteiger partial charge in [0.15, 0.2) is 16.6 Å². The average molecular weight is 267 g/mol. The monoisotopic (exact) mass is 267 g/mol. The van der Waals surface area contributed by atoms with Crippen LogP contribution in [0.2, 0.25) is 0 Å². The Morgan fingerprint density at radius 3 is 2.68 bits per heavy atom. The molecule has 2 heterocycles. The van der Waals surface area contributed by atoms with Crippen LogP contribution < -0.4 is 0 Å². The molecule has 0 radical (unpaired) electrons. The highest BCUT2D eigenvalue weighted by molar-refractivity contribution is 7.83.